The topological polar surface area (TPSA) is 51.0 Å². The van der Waals surface area contributed by atoms with Crippen LogP contribution in [0.3, 0.4) is 0 Å². The van der Waals surface area contributed by atoms with E-state index in [0.29, 0.717) is 23.9 Å². The van der Waals surface area contributed by atoms with Crippen LogP contribution < -0.4 is 5.32 Å². The summed E-state index contributed by atoms with van der Waals surface area (Å²) in [6.45, 7) is 3.84. The number of nitrogens with zero attached hydrogens (tertiary/aromatic N) is 2. The molecular weight excluding hydrogens is 209 g/mol. The molecule has 0 fully saturated rings. The molecule has 0 bridgehead atoms. The third kappa shape index (κ3) is 2.18. The average molecular weight is 221 g/mol. The summed E-state index contributed by atoms with van der Waals surface area (Å²) in [4.78, 5) is 0. The Kier molecular flexibility index (Phi) is 2.85. The van der Waals surface area contributed by atoms with E-state index in [1.165, 1.54) is 6.07 Å². The summed E-state index contributed by atoms with van der Waals surface area (Å²) in [7, 11) is 0. The number of aromatic nitrogens is 2. The lowest BCUT2D eigenvalue weighted by molar-refractivity contribution is 0.474. The maximum atomic E-state index is 13.2. The quantitative estimate of drug-likeness (QED) is 0.864. The molecule has 1 aromatic carbocycles. The highest BCUT2D eigenvalue weighted by molar-refractivity contribution is 5.50. The van der Waals surface area contributed by atoms with E-state index in [9.17, 15) is 4.39 Å². The van der Waals surface area contributed by atoms with Crippen LogP contribution in [0.15, 0.2) is 22.6 Å². The maximum absolute atomic E-state index is 13.2. The zero-order valence-corrected chi connectivity index (χ0v) is 9.12. The van der Waals surface area contributed by atoms with Crippen molar-refractivity contribution in [3.8, 4) is 0 Å². The summed E-state index contributed by atoms with van der Waals surface area (Å²) >= 11 is 0. The van der Waals surface area contributed by atoms with Crippen LogP contribution in [0.25, 0.3) is 0 Å². The number of halogens is 1. The number of benzene rings is 1. The summed E-state index contributed by atoms with van der Waals surface area (Å²) in [5.41, 5.74) is 1.31. The minimum absolute atomic E-state index is 0.230. The molecule has 0 atom stereocenters. The van der Waals surface area contributed by atoms with Gasteiger partial charge in [0.05, 0.1) is 6.54 Å². The van der Waals surface area contributed by atoms with Gasteiger partial charge in [0.15, 0.2) is 0 Å². The smallest absolute Gasteiger partial charge is 0.235 e. The molecule has 1 heterocycles. The van der Waals surface area contributed by atoms with E-state index in [2.05, 4.69) is 15.5 Å². The lowest BCUT2D eigenvalue weighted by Gasteiger charge is -2.07. The van der Waals surface area contributed by atoms with Gasteiger partial charge >= 0.3 is 0 Å². The Morgan fingerprint density at radius 1 is 1.31 bits per heavy atom. The van der Waals surface area contributed by atoms with E-state index in [1.807, 2.05) is 6.07 Å². The van der Waals surface area contributed by atoms with Gasteiger partial charge in [0, 0.05) is 18.2 Å². The number of hydrogen-bond donors (Lipinski definition) is 1. The van der Waals surface area contributed by atoms with Crippen molar-refractivity contribution in [2.24, 2.45) is 0 Å². The first-order chi connectivity index (χ1) is 7.66. The molecule has 0 aliphatic carbocycles. The van der Waals surface area contributed by atoms with E-state index < -0.39 is 0 Å². The van der Waals surface area contributed by atoms with Gasteiger partial charge in [-0.3, -0.25) is 0 Å². The maximum Gasteiger partial charge on any atom is 0.235 e. The number of nitrogens with one attached hydrogen (secondary N) is 1. The lowest BCUT2D eigenvalue weighted by Crippen LogP contribution is -2.02. The van der Waals surface area contributed by atoms with Crippen molar-refractivity contribution in [2.45, 2.75) is 20.4 Å². The van der Waals surface area contributed by atoms with E-state index in [0.717, 1.165) is 5.69 Å². The first-order valence-electron chi connectivity index (χ1n) is 4.95. The Morgan fingerprint density at radius 2 is 2.12 bits per heavy atom. The average Bonchev–Trinajstić information content (AvgIpc) is 2.67. The molecule has 0 radical (unpaired) electrons. The van der Waals surface area contributed by atoms with Gasteiger partial charge in [0.1, 0.15) is 5.82 Å². The van der Waals surface area contributed by atoms with Crippen LogP contribution in [0.1, 0.15) is 17.3 Å². The second-order valence-electron chi connectivity index (χ2n) is 3.48. The van der Waals surface area contributed by atoms with Crippen molar-refractivity contribution in [1.29, 1.82) is 0 Å². The number of anilines is 1. The predicted octanol–water partition coefficient (Wildman–Crippen LogP) is 2.44. The summed E-state index contributed by atoms with van der Waals surface area (Å²) in [5, 5.41) is 10.6. The minimum atomic E-state index is -0.230. The number of aryl methyl sites for hydroxylation is 1. The normalized spacial score (nSPS) is 10.4. The van der Waals surface area contributed by atoms with Crippen molar-refractivity contribution in [2.75, 3.05) is 5.32 Å². The second kappa shape index (κ2) is 4.30. The molecule has 16 heavy (non-hydrogen) atoms. The van der Waals surface area contributed by atoms with E-state index in [4.69, 9.17) is 4.42 Å². The first kappa shape index (κ1) is 10.6. The van der Waals surface area contributed by atoms with Crippen molar-refractivity contribution in [3.05, 3.63) is 41.4 Å². The van der Waals surface area contributed by atoms with Gasteiger partial charge in [0.2, 0.25) is 11.8 Å². The summed E-state index contributed by atoms with van der Waals surface area (Å²) in [6, 6.07) is 4.89. The van der Waals surface area contributed by atoms with Gasteiger partial charge in [-0.1, -0.05) is 6.07 Å². The summed E-state index contributed by atoms with van der Waals surface area (Å²) < 4.78 is 18.4. The molecule has 2 rings (SSSR count). The fraction of sp³-hybridized carbons (Fsp3) is 0.273. The highest BCUT2D eigenvalue weighted by Gasteiger charge is 2.05. The SMILES string of the molecule is Cc1nnc(CNc2cccc(F)c2C)o1. The monoisotopic (exact) mass is 221 g/mol. The molecule has 0 saturated heterocycles. The molecule has 5 heteroatoms. The minimum Gasteiger partial charge on any atom is -0.424 e. The fourth-order valence-corrected chi connectivity index (χ4v) is 1.38. The Labute approximate surface area is 92.5 Å². The molecule has 0 spiro atoms. The van der Waals surface area contributed by atoms with Gasteiger partial charge in [-0.25, -0.2) is 4.39 Å². The molecule has 0 saturated carbocycles. The van der Waals surface area contributed by atoms with Gasteiger partial charge in [-0.2, -0.15) is 0 Å². The zero-order chi connectivity index (χ0) is 11.5. The first-order valence-corrected chi connectivity index (χ1v) is 4.95. The molecule has 0 aliphatic heterocycles. The van der Waals surface area contributed by atoms with E-state index in [1.54, 1.807) is 19.9 Å². The molecular formula is C11H12FN3O. The van der Waals surface area contributed by atoms with Crippen molar-refractivity contribution >= 4 is 5.69 Å². The molecule has 0 aliphatic rings. The van der Waals surface area contributed by atoms with Gasteiger partial charge in [-0.15, -0.1) is 10.2 Å². The largest absolute Gasteiger partial charge is 0.424 e. The van der Waals surface area contributed by atoms with Gasteiger partial charge in [-0.05, 0) is 19.1 Å². The Bertz CT molecular complexity index is 496. The predicted molar refractivity (Wildman–Crippen MR) is 57.5 cm³/mol. The molecule has 1 aromatic heterocycles. The van der Waals surface area contributed by atoms with Crippen molar-refractivity contribution in [3.63, 3.8) is 0 Å². The van der Waals surface area contributed by atoms with E-state index >= 15 is 0 Å². The molecule has 1 N–H and O–H groups in total. The third-order valence-electron chi connectivity index (χ3n) is 2.27. The van der Waals surface area contributed by atoms with Crippen LogP contribution in [-0.2, 0) is 6.54 Å². The van der Waals surface area contributed by atoms with Crippen LogP contribution in [0.5, 0.6) is 0 Å². The molecule has 4 nitrogen and oxygen atoms in total. The standard InChI is InChI=1S/C11H12FN3O/c1-7-9(12)4-3-5-10(7)13-6-11-15-14-8(2)16-11/h3-5,13H,6H2,1-2H3. The molecule has 2 aromatic rings. The Balaban J connectivity index is 2.07. The van der Waals surface area contributed by atoms with Crippen LogP contribution in [0.2, 0.25) is 0 Å². The lowest BCUT2D eigenvalue weighted by atomic mass is 10.2. The van der Waals surface area contributed by atoms with Crippen LogP contribution in [0, 0.1) is 19.7 Å². The summed E-state index contributed by atoms with van der Waals surface area (Å²) in [6.07, 6.45) is 0. The Morgan fingerprint density at radius 3 is 2.81 bits per heavy atom. The zero-order valence-electron chi connectivity index (χ0n) is 9.12. The van der Waals surface area contributed by atoms with Crippen LogP contribution in [0.4, 0.5) is 10.1 Å². The Hall–Kier alpha value is -1.91. The van der Waals surface area contributed by atoms with Crippen molar-refractivity contribution < 1.29 is 8.81 Å². The highest BCUT2D eigenvalue weighted by atomic mass is 19.1. The second-order valence-corrected chi connectivity index (χ2v) is 3.48. The number of hydrogen-bond acceptors (Lipinski definition) is 4. The number of rotatable bonds is 3. The van der Waals surface area contributed by atoms with Gasteiger partial charge < -0.3 is 9.73 Å². The summed E-state index contributed by atoms with van der Waals surface area (Å²) in [5.74, 6) is 0.778. The highest BCUT2D eigenvalue weighted by Crippen LogP contribution is 2.17. The van der Waals surface area contributed by atoms with E-state index in [-0.39, 0.29) is 5.82 Å². The van der Waals surface area contributed by atoms with Crippen molar-refractivity contribution in [1.82, 2.24) is 10.2 Å². The molecule has 0 unspecified atom stereocenters. The van der Waals surface area contributed by atoms with Crippen LogP contribution >= 0.6 is 0 Å². The van der Waals surface area contributed by atoms with Gasteiger partial charge in [0.25, 0.3) is 0 Å². The molecule has 0 amide bonds. The third-order valence-corrected chi connectivity index (χ3v) is 2.27. The van der Waals surface area contributed by atoms with Crippen LogP contribution in [-0.4, -0.2) is 10.2 Å². The fourth-order valence-electron chi connectivity index (χ4n) is 1.38. The molecule has 84 valence electrons.